The van der Waals surface area contributed by atoms with Crippen LogP contribution in [0.2, 0.25) is 0 Å². The van der Waals surface area contributed by atoms with Crippen molar-refractivity contribution in [1.82, 2.24) is 0 Å². The van der Waals surface area contributed by atoms with Crippen LogP contribution in [-0.2, 0) is 25.2 Å². The van der Waals surface area contributed by atoms with Gasteiger partial charge in [-0.25, -0.2) is 0 Å². The summed E-state index contributed by atoms with van der Waals surface area (Å²) in [7, 11) is 1.88. The van der Waals surface area contributed by atoms with E-state index in [0.717, 1.165) is 26.1 Å². The third-order valence-corrected chi connectivity index (χ3v) is 1.56. The average molecular weight is 330 g/mol. The Kier molecular flexibility index (Phi) is 13.6. The van der Waals surface area contributed by atoms with Crippen LogP contribution in [-0.4, -0.2) is 26.3 Å². The molecule has 0 aromatic heterocycles. The Bertz CT molecular complexity index is 65.1. The van der Waals surface area contributed by atoms with Crippen molar-refractivity contribution >= 4 is 0 Å². The molecule has 0 N–H and O–H groups in total. The van der Waals surface area contributed by atoms with Crippen LogP contribution in [0, 0.1) is 0 Å². The molecule has 0 amide bonds. The maximum Gasteiger partial charge on any atom is 0.0452 e. The zero-order chi connectivity index (χ0) is 7.82. The topological polar surface area (TPSA) is 23.3 Å². The molecule has 1 aliphatic heterocycles. The van der Waals surface area contributed by atoms with Crippen molar-refractivity contribution < 1.29 is 25.2 Å². The van der Waals surface area contributed by atoms with Gasteiger partial charge in [-0.3, -0.25) is 0 Å². The van der Waals surface area contributed by atoms with Gasteiger partial charge in [0.15, 0.2) is 0 Å². The van der Waals surface area contributed by atoms with Gasteiger partial charge in [-0.2, -0.15) is 7.05 Å². The SMILES string of the molecule is CC.C[N-]C1CCOCC1.[Re]. The molecular weight excluding hydrogens is 312 g/mol. The van der Waals surface area contributed by atoms with Gasteiger partial charge in [0.05, 0.1) is 0 Å². The molecule has 0 atom stereocenters. The predicted octanol–water partition coefficient (Wildman–Crippen LogP) is 2.19. The number of hydrogen-bond acceptors (Lipinski definition) is 1. The molecule has 1 aliphatic rings. The molecule has 0 aromatic carbocycles. The maximum atomic E-state index is 5.14. The predicted molar refractivity (Wildman–Crippen MR) is 44.5 cm³/mol. The van der Waals surface area contributed by atoms with Crippen LogP contribution in [0.25, 0.3) is 5.32 Å². The van der Waals surface area contributed by atoms with Crippen molar-refractivity contribution in [1.29, 1.82) is 0 Å². The number of ether oxygens (including phenoxy) is 1. The molecule has 2 nitrogen and oxygen atoms in total. The molecule has 0 unspecified atom stereocenters. The normalized spacial score (nSPS) is 17.7. The molecule has 0 bridgehead atoms. The third kappa shape index (κ3) is 6.96. The average Bonchev–Trinajstić information content (AvgIpc) is 2.10. The number of rotatable bonds is 1. The minimum atomic E-state index is 0. The second-order valence-corrected chi connectivity index (χ2v) is 2.10. The van der Waals surface area contributed by atoms with Gasteiger partial charge in [-0.1, -0.05) is 13.8 Å². The van der Waals surface area contributed by atoms with Gasteiger partial charge in [-0.05, 0) is 12.8 Å². The van der Waals surface area contributed by atoms with Crippen LogP contribution >= 0.6 is 0 Å². The van der Waals surface area contributed by atoms with Crippen molar-refractivity contribution in [3.05, 3.63) is 5.32 Å². The van der Waals surface area contributed by atoms with E-state index in [9.17, 15) is 0 Å². The van der Waals surface area contributed by atoms with Gasteiger partial charge in [-0.15, -0.1) is 6.04 Å². The molecule has 0 spiro atoms. The zero-order valence-electron chi connectivity index (χ0n) is 7.64. The fourth-order valence-corrected chi connectivity index (χ4v) is 0.943. The molecule has 1 radical (unpaired) electrons. The second-order valence-electron chi connectivity index (χ2n) is 2.10. The Morgan fingerprint density at radius 2 is 1.64 bits per heavy atom. The third-order valence-electron chi connectivity index (χ3n) is 1.56. The first-order chi connectivity index (χ1) is 4.93. The maximum absolute atomic E-state index is 5.14. The minimum absolute atomic E-state index is 0. The summed E-state index contributed by atoms with van der Waals surface area (Å²) >= 11 is 0. The quantitative estimate of drug-likeness (QED) is 0.723. The first-order valence-electron chi connectivity index (χ1n) is 4.10. The van der Waals surface area contributed by atoms with Crippen LogP contribution in [0.15, 0.2) is 0 Å². The molecular formula is C8H18NORe-. The fourth-order valence-electron chi connectivity index (χ4n) is 0.943. The molecule has 0 aromatic rings. The first kappa shape index (κ1) is 14.1. The Morgan fingerprint density at radius 3 is 1.91 bits per heavy atom. The molecule has 1 heterocycles. The van der Waals surface area contributed by atoms with Gasteiger partial charge in [0.1, 0.15) is 0 Å². The van der Waals surface area contributed by atoms with E-state index in [4.69, 9.17) is 4.74 Å². The molecule has 1 rings (SSSR count). The van der Waals surface area contributed by atoms with Crippen molar-refractivity contribution in [2.45, 2.75) is 32.7 Å². The van der Waals surface area contributed by atoms with Gasteiger partial charge < -0.3 is 10.1 Å². The Hall–Kier alpha value is 0.582. The Labute approximate surface area is 83.7 Å². The van der Waals surface area contributed by atoms with E-state index in [2.05, 4.69) is 5.32 Å². The summed E-state index contributed by atoms with van der Waals surface area (Å²) in [5.74, 6) is 0. The van der Waals surface area contributed by atoms with Crippen LogP contribution < -0.4 is 0 Å². The molecule has 0 aliphatic carbocycles. The minimum Gasteiger partial charge on any atom is -0.662 e. The van der Waals surface area contributed by atoms with Crippen LogP contribution in [0.5, 0.6) is 0 Å². The molecule has 69 valence electrons. The molecule has 1 fully saturated rings. The van der Waals surface area contributed by atoms with Crippen LogP contribution in [0.3, 0.4) is 0 Å². The second kappa shape index (κ2) is 10.6. The zero-order valence-corrected chi connectivity index (χ0v) is 10.4. The Balaban J connectivity index is 0. The van der Waals surface area contributed by atoms with Gasteiger partial charge in [0.25, 0.3) is 0 Å². The molecule has 11 heavy (non-hydrogen) atoms. The van der Waals surface area contributed by atoms with Crippen LogP contribution in [0.4, 0.5) is 0 Å². The summed E-state index contributed by atoms with van der Waals surface area (Å²) in [5.41, 5.74) is 0. The summed E-state index contributed by atoms with van der Waals surface area (Å²) in [6.45, 7) is 5.81. The van der Waals surface area contributed by atoms with Crippen molar-refractivity contribution in [3.63, 3.8) is 0 Å². The van der Waals surface area contributed by atoms with Crippen molar-refractivity contribution in [2.24, 2.45) is 0 Å². The fraction of sp³-hybridized carbons (Fsp3) is 1.00. The summed E-state index contributed by atoms with van der Waals surface area (Å²) in [5, 5.41) is 4.17. The van der Waals surface area contributed by atoms with Crippen molar-refractivity contribution in [3.8, 4) is 0 Å². The van der Waals surface area contributed by atoms with Gasteiger partial charge >= 0.3 is 0 Å². The van der Waals surface area contributed by atoms with E-state index < -0.39 is 0 Å². The van der Waals surface area contributed by atoms with E-state index in [-0.39, 0.29) is 20.4 Å². The van der Waals surface area contributed by atoms with Crippen molar-refractivity contribution in [2.75, 3.05) is 20.3 Å². The summed E-state index contributed by atoms with van der Waals surface area (Å²) in [6.07, 6.45) is 2.24. The van der Waals surface area contributed by atoms with E-state index in [1.54, 1.807) is 0 Å². The molecule has 0 saturated carbocycles. The summed E-state index contributed by atoms with van der Waals surface area (Å²) in [4.78, 5) is 0. The van der Waals surface area contributed by atoms with E-state index in [1.165, 1.54) is 0 Å². The van der Waals surface area contributed by atoms with Gasteiger partial charge in [0, 0.05) is 33.6 Å². The standard InChI is InChI=1S/C6H12NO.C2H6.Re/c1-7-6-2-4-8-5-3-6;1-2;/h6H,2-5H2,1H3;1-2H3;/q-1;;. The van der Waals surface area contributed by atoms with Gasteiger partial charge in [0.2, 0.25) is 0 Å². The first-order valence-corrected chi connectivity index (χ1v) is 4.10. The number of hydrogen-bond donors (Lipinski definition) is 0. The molecule has 3 heteroatoms. The largest absolute Gasteiger partial charge is 0.662 e. The van der Waals surface area contributed by atoms with E-state index in [0.29, 0.717) is 6.04 Å². The Morgan fingerprint density at radius 1 is 1.18 bits per heavy atom. The number of nitrogens with zero attached hydrogens (tertiary/aromatic N) is 1. The summed E-state index contributed by atoms with van der Waals surface area (Å²) in [6, 6.07) is 0.587. The summed E-state index contributed by atoms with van der Waals surface area (Å²) < 4.78 is 5.14. The van der Waals surface area contributed by atoms with E-state index >= 15 is 0 Å². The monoisotopic (exact) mass is 331 g/mol. The molecule has 1 saturated heterocycles. The van der Waals surface area contributed by atoms with E-state index in [1.807, 2.05) is 20.9 Å². The van der Waals surface area contributed by atoms with Crippen LogP contribution in [0.1, 0.15) is 26.7 Å². The smallest absolute Gasteiger partial charge is 0.0452 e.